The number of carbonyl (C=O) groups is 2. The first-order chi connectivity index (χ1) is 9.40. The molecule has 2 amide bonds. The third kappa shape index (κ3) is 5.90. The molecule has 0 heterocycles. The van der Waals surface area contributed by atoms with Crippen LogP contribution in [0.2, 0.25) is 0 Å². The van der Waals surface area contributed by atoms with E-state index >= 15 is 0 Å². The van der Waals surface area contributed by atoms with Crippen LogP contribution in [0.5, 0.6) is 0 Å². The van der Waals surface area contributed by atoms with E-state index in [0.717, 1.165) is 12.8 Å². The predicted molar refractivity (Wildman–Crippen MR) is 78.0 cm³/mol. The van der Waals surface area contributed by atoms with Gasteiger partial charge in [-0.15, -0.1) is 0 Å². The highest BCUT2D eigenvalue weighted by molar-refractivity contribution is 7.84. The van der Waals surface area contributed by atoms with E-state index in [2.05, 4.69) is 10.6 Å². The van der Waals surface area contributed by atoms with Gasteiger partial charge in [-0.1, -0.05) is 0 Å². The van der Waals surface area contributed by atoms with Crippen molar-refractivity contribution in [2.75, 3.05) is 19.3 Å². The Hall–Kier alpha value is -1.11. The summed E-state index contributed by atoms with van der Waals surface area (Å²) >= 11 is 0. The van der Waals surface area contributed by atoms with Crippen LogP contribution in [-0.2, 0) is 15.6 Å². The standard InChI is InChI=1S/C13H24N2O4S/c1-9(20(2)19)7-14-13(18)15-8-10-3-5-11(6-4-10)12(16)17/h9-11H,3-8H2,1-2H3,(H,16,17)(H2,14,15,18). The monoisotopic (exact) mass is 304 g/mol. The summed E-state index contributed by atoms with van der Waals surface area (Å²) in [7, 11) is -0.942. The highest BCUT2D eigenvalue weighted by Gasteiger charge is 2.25. The molecular weight excluding hydrogens is 280 g/mol. The van der Waals surface area contributed by atoms with Gasteiger partial charge in [0.05, 0.1) is 5.92 Å². The number of aliphatic carboxylic acids is 1. The van der Waals surface area contributed by atoms with E-state index in [4.69, 9.17) is 5.11 Å². The van der Waals surface area contributed by atoms with E-state index in [-0.39, 0.29) is 17.2 Å². The van der Waals surface area contributed by atoms with Crippen LogP contribution in [0.25, 0.3) is 0 Å². The number of rotatable bonds is 6. The Morgan fingerprint density at radius 3 is 2.35 bits per heavy atom. The first-order valence-corrected chi connectivity index (χ1v) is 8.59. The molecular formula is C13H24N2O4S. The van der Waals surface area contributed by atoms with Gasteiger partial charge in [-0.3, -0.25) is 9.00 Å². The number of hydrogen-bond donors (Lipinski definition) is 3. The molecule has 1 rings (SSSR count). The largest absolute Gasteiger partial charge is 0.481 e. The summed E-state index contributed by atoms with van der Waals surface area (Å²) in [5, 5.41) is 14.3. The van der Waals surface area contributed by atoms with Crippen LogP contribution in [0.1, 0.15) is 32.6 Å². The molecule has 6 nitrogen and oxygen atoms in total. The van der Waals surface area contributed by atoms with Crippen molar-refractivity contribution in [2.45, 2.75) is 37.9 Å². The van der Waals surface area contributed by atoms with Crippen LogP contribution in [-0.4, -0.2) is 45.9 Å². The molecule has 0 aromatic carbocycles. The van der Waals surface area contributed by atoms with Gasteiger partial charge in [0.1, 0.15) is 0 Å². The molecule has 3 N–H and O–H groups in total. The zero-order valence-corrected chi connectivity index (χ0v) is 12.9. The minimum atomic E-state index is -0.942. The average molecular weight is 304 g/mol. The Bertz CT molecular complexity index is 367. The highest BCUT2D eigenvalue weighted by Crippen LogP contribution is 2.28. The Balaban J connectivity index is 2.16. The van der Waals surface area contributed by atoms with Crippen molar-refractivity contribution in [1.29, 1.82) is 0 Å². The van der Waals surface area contributed by atoms with Crippen molar-refractivity contribution >= 4 is 22.8 Å². The molecule has 1 aliphatic rings. The maximum absolute atomic E-state index is 11.6. The number of hydrogen-bond acceptors (Lipinski definition) is 3. The molecule has 2 unspecified atom stereocenters. The lowest BCUT2D eigenvalue weighted by Crippen LogP contribution is -2.42. The number of carbonyl (C=O) groups excluding carboxylic acids is 1. The van der Waals surface area contributed by atoms with Crippen molar-refractivity contribution in [3.8, 4) is 0 Å². The van der Waals surface area contributed by atoms with Gasteiger partial charge in [0.25, 0.3) is 0 Å². The fraction of sp³-hybridized carbons (Fsp3) is 0.846. The summed E-state index contributed by atoms with van der Waals surface area (Å²) in [6.45, 7) is 2.78. The molecule has 0 aromatic heterocycles. The van der Waals surface area contributed by atoms with Gasteiger partial charge in [-0.25, -0.2) is 4.79 Å². The van der Waals surface area contributed by atoms with E-state index < -0.39 is 16.8 Å². The predicted octanol–water partition coefficient (Wildman–Crippen LogP) is 0.944. The van der Waals surface area contributed by atoms with Gasteiger partial charge in [0.15, 0.2) is 0 Å². The minimum Gasteiger partial charge on any atom is -0.481 e. The molecule has 1 aliphatic carbocycles. The topological polar surface area (TPSA) is 95.5 Å². The molecule has 7 heteroatoms. The van der Waals surface area contributed by atoms with Gasteiger partial charge in [0, 0.05) is 35.4 Å². The molecule has 0 spiro atoms. The number of carboxylic acid groups (broad SMARTS) is 1. The number of urea groups is 1. The maximum atomic E-state index is 11.6. The lowest BCUT2D eigenvalue weighted by Gasteiger charge is -2.26. The van der Waals surface area contributed by atoms with Crippen molar-refractivity contribution < 1.29 is 18.9 Å². The zero-order valence-electron chi connectivity index (χ0n) is 12.1. The summed E-state index contributed by atoms with van der Waals surface area (Å²) in [6.07, 6.45) is 4.68. The molecule has 0 aromatic rings. The second kappa shape index (κ2) is 8.24. The van der Waals surface area contributed by atoms with Crippen molar-refractivity contribution in [3.05, 3.63) is 0 Å². The fourth-order valence-electron chi connectivity index (χ4n) is 2.27. The molecule has 0 saturated heterocycles. The molecule has 0 aliphatic heterocycles. The molecule has 0 radical (unpaired) electrons. The number of carboxylic acids is 1. The second-order valence-electron chi connectivity index (χ2n) is 5.46. The van der Waals surface area contributed by atoms with Crippen LogP contribution >= 0.6 is 0 Å². The van der Waals surface area contributed by atoms with Crippen LogP contribution < -0.4 is 10.6 Å². The van der Waals surface area contributed by atoms with Crippen LogP contribution in [0.3, 0.4) is 0 Å². The van der Waals surface area contributed by atoms with E-state index in [0.29, 0.717) is 31.8 Å². The van der Waals surface area contributed by atoms with Crippen molar-refractivity contribution in [3.63, 3.8) is 0 Å². The van der Waals surface area contributed by atoms with Crippen LogP contribution in [0.4, 0.5) is 4.79 Å². The summed E-state index contributed by atoms with van der Waals surface area (Å²) in [6, 6.07) is -0.248. The lowest BCUT2D eigenvalue weighted by atomic mass is 9.82. The Kier molecular flexibility index (Phi) is 6.98. The Morgan fingerprint density at radius 2 is 1.85 bits per heavy atom. The van der Waals surface area contributed by atoms with Gasteiger partial charge in [-0.2, -0.15) is 0 Å². The summed E-state index contributed by atoms with van der Waals surface area (Å²) in [5.74, 6) is -0.578. The maximum Gasteiger partial charge on any atom is 0.314 e. The lowest BCUT2D eigenvalue weighted by molar-refractivity contribution is -0.143. The van der Waals surface area contributed by atoms with E-state index in [1.165, 1.54) is 0 Å². The van der Waals surface area contributed by atoms with E-state index in [9.17, 15) is 13.8 Å². The van der Waals surface area contributed by atoms with Crippen molar-refractivity contribution in [2.24, 2.45) is 11.8 Å². The van der Waals surface area contributed by atoms with Crippen LogP contribution in [0.15, 0.2) is 0 Å². The SMILES string of the molecule is CC(CNC(=O)NCC1CCC(C(=O)O)CC1)S(C)=O. The van der Waals surface area contributed by atoms with E-state index in [1.807, 2.05) is 6.92 Å². The second-order valence-corrected chi connectivity index (χ2v) is 7.26. The molecule has 1 saturated carbocycles. The van der Waals surface area contributed by atoms with Crippen molar-refractivity contribution in [1.82, 2.24) is 10.6 Å². The normalized spacial score (nSPS) is 25.5. The highest BCUT2D eigenvalue weighted by atomic mass is 32.2. The Labute approximate surface area is 122 Å². The van der Waals surface area contributed by atoms with Crippen LogP contribution in [0, 0.1) is 11.8 Å². The smallest absolute Gasteiger partial charge is 0.314 e. The molecule has 0 bridgehead atoms. The molecule has 2 atom stereocenters. The quantitative estimate of drug-likeness (QED) is 0.680. The molecule has 116 valence electrons. The molecule has 1 fully saturated rings. The van der Waals surface area contributed by atoms with Gasteiger partial charge in [-0.05, 0) is 38.5 Å². The Morgan fingerprint density at radius 1 is 1.25 bits per heavy atom. The summed E-state index contributed by atoms with van der Waals surface area (Å²) in [4.78, 5) is 22.4. The fourth-order valence-corrected chi connectivity index (χ4v) is 2.58. The third-order valence-corrected chi connectivity index (χ3v) is 5.16. The molecule has 20 heavy (non-hydrogen) atoms. The summed E-state index contributed by atoms with van der Waals surface area (Å²) in [5.41, 5.74) is 0. The summed E-state index contributed by atoms with van der Waals surface area (Å²) < 4.78 is 11.1. The first-order valence-electron chi connectivity index (χ1n) is 6.97. The number of amides is 2. The number of nitrogens with one attached hydrogen (secondary N) is 2. The van der Waals surface area contributed by atoms with Gasteiger partial charge < -0.3 is 15.7 Å². The zero-order chi connectivity index (χ0) is 15.1. The van der Waals surface area contributed by atoms with Gasteiger partial charge in [0.2, 0.25) is 0 Å². The average Bonchev–Trinajstić information content (AvgIpc) is 2.42. The minimum absolute atomic E-state index is 0.0632. The van der Waals surface area contributed by atoms with E-state index in [1.54, 1.807) is 6.26 Å². The first kappa shape index (κ1) is 16.9. The third-order valence-electron chi connectivity index (χ3n) is 3.86. The van der Waals surface area contributed by atoms with Gasteiger partial charge >= 0.3 is 12.0 Å².